The maximum absolute atomic E-state index is 15.4. The van der Waals surface area contributed by atoms with Crippen LogP contribution in [0.15, 0.2) is 6.07 Å². The van der Waals surface area contributed by atoms with Gasteiger partial charge >= 0.3 is 0 Å². The van der Waals surface area contributed by atoms with Crippen molar-refractivity contribution >= 4 is 28.6 Å². The van der Waals surface area contributed by atoms with Gasteiger partial charge in [-0.3, -0.25) is 4.79 Å². The smallest absolute Gasteiger partial charge is 0.228 e. The first kappa shape index (κ1) is 24.2. The molecule has 4 rings (SSSR count). The second kappa shape index (κ2) is 11.0. The van der Waals surface area contributed by atoms with E-state index in [9.17, 15) is 4.79 Å². The van der Waals surface area contributed by atoms with Crippen molar-refractivity contribution in [2.24, 2.45) is 0 Å². The molecule has 2 saturated heterocycles. The van der Waals surface area contributed by atoms with Crippen molar-refractivity contribution in [2.45, 2.75) is 31.7 Å². The van der Waals surface area contributed by atoms with Crippen molar-refractivity contribution < 1.29 is 23.4 Å². The van der Waals surface area contributed by atoms with Gasteiger partial charge in [-0.15, -0.1) is 0 Å². The molecule has 0 bridgehead atoms. The van der Waals surface area contributed by atoms with E-state index in [4.69, 9.17) is 19.9 Å². The summed E-state index contributed by atoms with van der Waals surface area (Å²) in [5.74, 6) is 0.163. The monoisotopic (exact) mass is 476 g/mol. The molecule has 0 unspecified atom stereocenters. The van der Waals surface area contributed by atoms with Crippen LogP contribution in [0.2, 0.25) is 0 Å². The van der Waals surface area contributed by atoms with Gasteiger partial charge in [0.2, 0.25) is 11.9 Å². The number of anilines is 2. The number of nitrogen functional groups attached to an aromatic ring is 1. The zero-order valence-corrected chi connectivity index (χ0v) is 19.8. The van der Waals surface area contributed by atoms with Crippen molar-refractivity contribution in [3.05, 3.63) is 11.9 Å². The quantitative estimate of drug-likeness (QED) is 0.548. The Morgan fingerprint density at radius 1 is 1.21 bits per heavy atom. The van der Waals surface area contributed by atoms with Crippen LogP contribution in [0, 0.1) is 5.82 Å². The van der Waals surface area contributed by atoms with Crippen molar-refractivity contribution in [1.82, 2.24) is 20.2 Å². The highest BCUT2D eigenvalue weighted by molar-refractivity contribution is 5.92. The normalized spacial score (nSPS) is 18.9. The van der Waals surface area contributed by atoms with Gasteiger partial charge in [0.15, 0.2) is 17.3 Å². The lowest BCUT2D eigenvalue weighted by Gasteiger charge is -2.36. The highest BCUT2D eigenvalue weighted by Crippen LogP contribution is 2.38. The van der Waals surface area contributed by atoms with Gasteiger partial charge in [0, 0.05) is 51.1 Å². The Hall–Kier alpha value is -2.92. The minimum absolute atomic E-state index is 0.0390. The topological polar surface area (TPSA) is 115 Å². The molecule has 3 heterocycles. The minimum atomic E-state index is -0.658. The zero-order valence-electron chi connectivity index (χ0n) is 19.8. The van der Waals surface area contributed by atoms with Gasteiger partial charge in [-0.25, -0.2) is 9.37 Å². The fraction of sp³-hybridized carbons (Fsp3) is 0.609. The number of halogens is 1. The number of nitrogens with two attached hydrogens (primary N) is 1. The van der Waals surface area contributed by atoms with Crippen molar-refractivity contribution in [2.75, 3.05) is 70.8 Å². The van der Waals surface area contributed by atoms with Crippen molar-refractivity contribution in [3.8, 4) is 11.5 Å². The number of nitrogens with zero attached hydrogens (tertiary/aromatic N) is 4. The third-order valence-electron chi connectivity index (χ3n) is 6.37. The predicted octanol–water partition coefficient (Wildman–Crippen LogP) is 1.57. The van der Waals surface area contributed by atoms with Gasteiger partial charge in [0.05, 0.1) is 13.7 Å². The van der Waals surface area contributed by atoms with E-state index >= 15 is 4.39 Å². The Bertz CT molecular complexity index is 1010. The molecule has 2 aromatic rings. The molecule has 0 radical (unpaired) electrons. The predicted molar refractivity (Wildman–Crippen MR) is 127 cm³/mol. The number of carbonyl (C=O) groups excluding carboxylic acids is 1. The first-order chi connectivity index (χ1) is 16.5. The number of piperazine rings is 1. The molecule has 2 fully saturated rings. The molecule has 1 atom stereocenters. The zero-order chi connectivity index (χ0) is 24.1. The first-order valence-electron chi connectivity index (χ1n) is 11.7. The Kier molecular flexibility index (Phi) is 7.84. The van der Waals surface area contributed by atoms with Crippen molar-refractivity contribution in [1.29, 1.82) is 0 Å². The summed E-state index contributed by atoms with van der Waals surface area (Å²) >= 11 is 0. The van der Waals surface area contributed by atoms with E-state index in [0.29, 0.717) is 50.5 Å². The van der Waals surface area contributed by atoms with E-state index in [1.165, 1.54) is 27.1 Å². The van der Waals surface area contributed by atoms with Gasteiger partial charge in [0.25, 0.3) is 0 Å². The molecule has 0 saturated carbocycles. The lowest BCUT2D eigenvalue weighted by molar-refractivity contribution is -0.132. The molecule has 0 aliphatic carbocycles. The molecule has 1 aromatic carbocycles. The summed E-state index contributed by atoms with van der Waals surface area (Å²) in [7, 11) is 2.97. The summed E-state index contributed by atoms with van der Waals surface area (Å²) in [6, 6.07) is 1.85. The Balaban J connectivity index is 1.48. The maximum atomic E-state index is 15.4. The minimum Gasteiger partial charge on any atom is -0.493 e. The average Bonchev–Trinajstić information content (AvgIpc) is 2.86. The van der Waals surface area contributed by atoms with Gasteiger partial charge in [-0.05, 0) is 25.5 Å². The standard InChI is InChI=1S/C23H33FN6O4/c1-32-11-12-34-21-17(33-2)14-16-20(19(21)24)27-23(28-22(16)25)30-9-7-29(8-10-30)18(31)13-15-5-3-4-6-26-15/h14-15,26H,3-13H2,1-2H3,(H2,25,27,28)/t15-/m0/s1. The highest BCUT2D eigenvalue weighted by Gasteiger charge is 2.27. The largest absolute Gasteiger partial charge is 0.493 e. The average molecular weight is 477 g/mol. The Morgan fingerprint density at radius 2 is 2.00 bits per heavy atom. The van der Waals surface area contributed by atoms with Gasteiger partial charge in [-0.2, -0.15) is 4.98 Å². The number of nitrogens with one attached hydrogen (secondary N) is 1. The van der Waals surface area contributed by atoms with E-state index < -0.39 is 5.82 Å². The number of carbonyl (C=O) groups is 1. The van der Waals surface area contributed by atoms with Gasteiger partial charge in [0.1, 0.15) is 17.9 Å². The van der Waals surface area contributed by atoms with Crippen LogP contribution in [-0.2, 0) is 9.53 Å². The second-order valence-corrected chi connectivity index (χ2v) is 8.59. The fourth-order valence-corrected chi connectivity index (χ4v) is 4.45. The Labute approximate surface area is 198 Å². The van der Waals surface area contributed by atoms with E-state index in [2.05, 4.69) is 15.3 Å². The number of methoxy groups -OCH3 is 2. The number of piperidine rings is 1. The molecule has 2 aliphatic rings. The maximum Gasteiger partial charge on any atom is 0.228 e. The third kappa shape index (κ3) is 5.25. The number of amides is 1. The van der Waals surface area contributed by atoms with Crippen molar-refractivity contribution in [3.63, 3.8) is 0 Å². The van der Waals surface area contributed by atoms with Crippen LogP contribution in [0.25, 0.3) is 10.9 Å². The van der Waals surface area contributed by atoms with E-state index in [1.54, 1.807) is 6.07 Å². The Morgan fingerprint density at radius 3 is 2.68 bits per heavy atom. The van der Waals surface area contributed by atoms with Crippen LogP contribution < -0.4 is 25.4 Å². The molecule has 186 valence electrons. The van der Waals surface area contributed by atoms with Gasteiger partial charge < -0.3 is 35.1 Å². The number of aromatic nitrogens is 2. The molecule has 0 spiro atoms. The summed E-state index contributed by atoms with van der Waals surface area (Å²) in [5.41, 5.74) is 6.24. The molecular formula is C23H33FN6O4. The van der Waals surface area contributed by atoms with Crippen LogP contribution in [0.4, 0.5) is 16.2 Å². The molecule has 3 N–H and O–H groups in total. The molecular weight excluding hydrogens is 443 g/mol. The summed E-state index contributed by atoms with van der Waals surface area (Å²) in [4.78, 5) is 25.4. The van der Waals surface area contributed by atoms with Crippen LogP contribution in [0.3, 0.4) is 0 Å². The van der Waals surface area contributed by atoms with E-state index in [1.807, 2.05) is 9.80 Å². The summed E-state index contributed by atoms with van der Waals surface area (Å²) in [5, 5.41) is 3.78. The molecule has 2 aliphatic heterocycles. The second-order valence-electron chi connectivity index (χ2n) is 8.59. The number of hydrogen-bond acceptors (Lipinski definition) is 9. The first-order valence-corrected chi connectivity index (χ1v) is 11.7. The van der Waals surface area contributed by atoms with Gasteiger partial charge in [-0.1, -0.05) is 6.42 Å². The highest BCUT2D eigenvalue weighted by atomic mass is 19.1. The lowest BCUT2D eigenvalue weighted by atomic mass is 10.0. The lowest BCUT2D eigenvalue weighted by Crippen LogP contribution is -2.50. The number of benzene rings is 1. The summed E-state index contributed by atoms with van der Waals surface area (Å²) < 4.78 is 31.2. The van der Waals surface area contributed by atoms with Crippen LogP contribution in [0.5, 0.6) is 11.5 Å². The molecule has 1 aromatic heterocycles. The molecule has 1 amide bonds. The van der Waals surface area contributed by atoms with Crippen LogP contribution in [0.1, 0.15) is 25.7 Å². The number of fused-ring (bicyclic) bond motifs is 1. The third-order valence-corrected chi connectivity index (χ3v) is 6.37. The van der Waals surface area contributed by atoms with E-state index in [-0.39, 0.29) is 41.4 Å². The summed E-state index contributed by atoms with van der Waals surface area (Å²) in [6.45, 7) is 3.65. The molecule has 11 heteroatoms. The SMILES string of the molecule is COCCOc1c(OC)cc2c(N)nc(N3CCN(C(=O)C[C@@H]4CCCCN4)CC3)nc2c1F. The summed E-state index contributed by atoms with van der Waals surface area (Å²) in [6.07, 6.45) is 3.91. The number of hydrogen-bond donors (Lipinski definition) is 2. The number of ether oxygens (including phenoxy) is 3. The van der Waals surface area contributed by atoms with E-state index in [0.717, 1.165) is 13.0 Å². The molecule has 34 heavy (non-hydrogen) atoms. The number of rotatable bonds is 8. The van der Waals surface area contributed by atoms with Crippen LogP contribution in [-0.4, -0.2) is 87.0 Å². The van der Waals surface area contributed by atoms with Crippen LogP contribution >= 0.6 is 0 Å². The molecule has 10 nitrogen and oxygen atoms in total. The fourth-order valence-electron chi connectivity index (χ4n) is 4.45.